The first-order valence-electron chi connectivity index (χ1n) is 12.4. The van der Waals surface area contributed by atoms with Crippen molar-refractivity contribution in [3.05, 3.63) is 142 Å². The second kappa shape index (κ2) is 10.8. The molecule has 180 valence electrons. The summed E-state index contributed by atoms with van der Waals surface area (Å²) in [5.74, 6) is 0. The zero-order valence-electron chi connectivity index (χ0n) is 20.6. The first kappa shape index (κ1) is 24.5. The lowest BCUT2D eigenvalue weighted by atomic mass is 9.88. The summed E-state index contributed by atoms with van der Waals surface area (Å²) in [5, 5.41) is 0.666. The van der Waals surface area contributed by atoms with E-state index in [4.69, 9.17) is 11.6 Å². The molecule has 4 aromatic carbocycles. The number of aryl methyl sites for hydroxylation is 2. The molecule has 1 unspecified atom stereocenters. The van der Waals surface area contributed by atoms with E-state index in [9.17, 15) is 4.21 Å². The largest absolute Gasteiger partial charge is 0.249 e. The third kappa shape index (κ3) is 4.89. The Kier molecular flexibility index (Phi) is 7.36. The Bertz CT molecular complexity index is 1460. The SMILES string of the molecule is CCCCc1ccc(C2=C(c3cccc(C)c3)S(=O)C(c3ccc(Cl)cc3)=C2c2ccccc2)cc1. The summed E-state index contributed by atoms with van der Waals surface area (Å²) in [6, 6.07) is 35.2. The molecule has 0 aromatic heterocycles. The second-order valence-corrected chi connectivity index (χ2v) is 11.0. The van der Waals surface area contributed by atoms with Gasteiger partial charge in [0.25, 0.3) is 0 Å². The highest BCUT2D eigenvalue weighted by Gasteiger charge is 2.34. The van der Waals surface area contributed by atoms with Crippen molar-refractivity contribution in [3.8, 4) is 0 Å². The molecule has 0 amide bonds. The number of benzene rings is 4. The molecule has 1 heterocycles. The molecule has 0 radical (unpaired) electrons. The minimum absolute atomic E-state index is 0.666. The van der Waals surface area contributed by atoms with Gasteiger partial charge in [0.1, 0.15) is 0 Å². The third-order valence-corrected chi connectivity index (χ3v) is 8.46. The van der Waals surface area contributed by atoms with Crippen molar-refractivity contribution in [3.63, 3.8) is 0 Å². The highest BCUT2D eigenvalue weighted by Crippen LogP contribution is 2.52. The fourth-order valence-electron chi connectivity index (χ4n) is 4.78. The van der Waals surface area contributed by atoms with E-state index in [0.29, 0.717) is 5.02 Å². The van der Waals surface area contributed by atoms with Crippen molar-refractivity contribution in [2.75, 3.05) is 0 Å². The normalized spacial score (nSPS) is 15.6. The lowest BCUT2D eigenvalue weighted by molar-refractivity contribution is 0.694. The van der Waals surface area contributed by atoms with Crippen molar-refractivity contribution in [1.29, 1.82) is 0 Å². The zero-order valence-corrected chi connectivity index (χ0v) is 22.2. The van der Waals surface area contributed by atoms with Crippen molar-refractivity contribution >= 4 is 43.4 Å². The van der Waals surface area contributed by atoms with E-state index < -0.39 is 10.8 Å². The summed E-state index contributed by atoms with van der Waals surface area (Å²) in [7, 11) is -1.37. The summed E-state index contributed by atoms with van der Waals surface area (Å²) in [4.78, 5) is 1.70. The van der Waals surface area contributed by atoms with E-state index in [1.165, 1.54) is 18.4 Å². The standard InChI is InChI=1S/C33H29ClOS/c1-3-4-10-24-14-16-26(17-15-24)31-30(25-11-6-5-7-12-25)32(27-18-20-29(34)21-19-27)36(35)33(31)28-13-8-9-23(2)22-28/h5-9,11-22H,3-4,10H2,1-2H3. The van der Waals surface area contributed by atoms with E-state index in [-0.39, 0.29) is 0 Å². The van der Waals surface area contributed by atoms with Gasteiger partial charge in [-0.1, -0.05) is 122 Å². The summed E-state index contributed by atoms with van der Waals surface area (Å²) in [5.41, 5.74) is 8.61. The molecule has 0 saturated carbocycles. The molecule has 0 fully saturated rings. The van der Waals surface area contributed by atoms with Crippen LogP contribution in [0.3, 0.4) is 0 Å². The van der Waals surface area contributed by atoms with Gasteiger partial charge < -0.3 is 0 Å². The van der Waals surface area contributed by atoms with Crippen molar-refractivity contribution < 1.29 is 4.21 Å². The van der Waals surface area contributed by atoms with Crippen LogP contribution in [0.15, 0.2) is 103 Å². The Hall–Kier alpha value is -3.20. The quantitative estimate of drug-likeness (QED) is 0.243. The average Bonchev–Trinajstić information content (AvgIpc) is 3.21. The van der Waals surface area contributed by atoms with Gasteiger partial charge in [-0.05, 0) is 59.7 Å². The van der Waals surface area contributed by atoms with E-state index in [0.717, 1.165) is 55.2 Å². The van der Waals surface area contributed by atoms with Crippen LogP contribution in [0.4, 0.5) is 0 Å². The van der Waals surface area contributed by atoms with Crippen LogP contribution in [0.1, 0.15) is 53.1 Å². The smallest absolute Gasteiger partial charge is 0.0875 e. The van der Waals surface area contributed by atoms with Crippen LogP contribution < -0.4 is 0 Å². The fourth-order valence-corrected chi connectivity index (χ4v) is 6.61. The number of hydrogen-bond donors (Lipinski definition) is 0. The van der Waals surface area contributed by atoms with Gasteiger partial charge in [0.05, 0.1) is 20.6 Å². The number of halogens is 1. The van der Waals surface area contributed by atoms with Crippen LogP contribution >= 0.6 is 11.6 Å². The molecule has 1 atom stereocenters. The molecule has 36 heavy (non-hydrogen) atoms. The predicted molar refractivity (Wildman–Crippen MR) is 156 cm³/mol. The van der Waals surface area contributed by atoms with Crippen molar-refractivity contribution in [1.82, 2.24) is 0 Å². The average molecular weight is 509 g/mol. The molecule has 1 aliphatic rings. The van der Waals surface area contributed by atoms with Crippen LogP contribution in [0.2, 0.25) is 5.02 Å². The lowest BCUT2D eigenvalue weighted by Crippen LogP contribution is -1.96. The Morgan fingerprint density at radius 1 is 0.667 bits per heavy atom. The first-order chi connectivity index (χ1) is 17.6. The molecule has 1 aliphatic heterocycles. The maximum absolute atomic E-state index is 14.4. The van der Waals surface area contributed by atoms with Crippen LogP contribution in [0.5, 0.6) is 0 Å². The number of allylic oxidation sites excluding steroid dienone is 2. The van der Waals surface area contributed by atoms with Gasteiger partial charge >= 0.3 is 0 Å². The maximum atomic E-state index is 14.4. The number of hydrogen-bond acceptors (Lipinski definition) is 1. The zero-order chi connectivity index (χ0) is 25.1. The highest BCUT2D eigenvalue weighted by atomic mass is 35.5. The molecule has 5 rings (SSSR count). The van der Waals surface area contributed by atoms with Crippen LogP contribution in [-0.2, 0) is 17.2 Å². The summed E-state index contributed by atoms with van der Waals surface area (Å²) >= 11 is 6.22. The van der Waals surface area contributed by atoms with Gasteiger partial charge in [0, 0.05) is 16.2 Å². The molecule has 3 heteroatoms. The molecule has 0 N–H and O–H groups in total. The van der Waals surface area contributed by atoms with E-state index >= 15 is 0 Å². The second-order valence-electron chi connectivity index (χ2n) is 9.22. The van der Waals surface area contributed by atoms with E-state index in [1.54, 1.807) is 0 Å². The van der Waals surface area contributed by atoms with Gasteiger partial charge in [-0.3, -0.25) is 0 Å². The molecule has 1 nitrogen and oxygen atoms in total. The van der Waals surface area contributed by atoms with Crippen molar-refractivity contribution in [2.24, 2.45) is 0 Å². The molecule has 0 bridgehead atoms. The highest BCUT2D eigenvalue weighted by molar-refractivity contribution is 8.04. The first-order valence-corrected chi connectivity index (χ1v) is 14.0. The summed E-state index contributed by atoms with van der Waals surface area (Å²) < 4.78 is 14.4. The minimum atomic E-state index is -1.37. The minimum Gasteiger partial charge on any atom is -0.249 e. The maximum Gasteiger partial charge on any atom is 0.0875 e. The number of unbranched alkanes of at least 4 members (excludes halogenated alkanes) is 1. The molecular formula is C33H29ClOS. The van der Waals surface area contributed by atoms with Gasteiger partial charge in [0.2, 0.25) is 0 Å². The topological polar surface area (TPSA) is 17.1 Å². The Morgan fingerprint density at radius 2 is 1.25 bits per heavy atom. The molecule has 4 aromatic rings. The van der Waals surface area contributed by atoms with Gasteiger partial charge in [0.15, 0.2) is 0 Å². The number of rotatable bonds is 7. The monoisotopic (exact) mass is 508 g/mol. The summed E-state index contributed by atoms with van der Waals surface area (Å²) in [6.07, 6.45) is 3.43. The fraction of sp³-hybridized carbons (Fsp3) is 0.152. The van der Waals surface area contributed by atoms with Crippen LogP contribution in [0, 0.1) is 6.92 Å². The van der Waals surface area contributed by atoms with E-state index in [2.05, 4.69) is 68.4 Å². The molecule has 0 spiro atoms. The van der Waals surface area contributed by atoms with Gasteiger partial charge in [-0.15, -0.1) is 0 Å². The molecular weight excluding hydrogens is 480 g/mol. The van der Waals surface area contributed by atoms with Gasteiger partial charge in [-0.2, -0.15) is 0 Å². The molecule has 0 aliphatic carbocycles. The van der Waals surface area contributed by atoms with E-state index in [1.807, 2.05) is 48.5 Å². The Morgan fingerprint density at radius 3 is 1.89 bits per heavy atom. The lowest BCUT2D eigenvalue weighted by Gasteiger charge is -2.14. The van der Waals surface area contributed by atoms with Crippen LogP contribution in [-0.4, -0.2) is 4.21 Å². The third-order valence-electron chi connectivity index (χ3n) is 6.59. The predicted octanol–water partition coefficient (Wildman–Crippen LogP) is 9.19. The summed E-state index contributed by atoms with van der Waals surface area (Å²) in [6.45, 7) is 4.30. The Balaban J connectivity index is 1.79. The van der Waals surface area contributed by atoms with Gasteiger partial charge in [-0.25, -0.2) is 4.21 Å². The Labute approximate surface area is 221 Å². The molecule has 0 saturated heterocycles. The van der Waals surface area contributed by atoms with Crippen molar-refractivity contribution in [2.45, 2.75) is 33.1 Å². The van der Waals surface area contributed by atoms with Crippen LogP contribution in [0.25, 0.3) is 21.0 Å².